The lowest BCUT2D eigenvalue weighted by Gasteiger charge is -2.09. The Morgan fingerprint density at radius 1 is 1.00 bits per heavy atom. The van der Waals surface area contributed by atoms with E-state index in [1.807, 2.05) is 5.32 Å². The smallest absolute Gasteiger partial charge is 0.308 e. The summed E-state index contributed by atoms with van der Waals surface area (Å²) in [6, 6.07) is 3.10. The topological polar surface area (TPSA) is 54.0 Å². The van der Waals surface area contributed by atoms with E-state index in [2.05, 4.69) is 10.3 Å². The number of carbonyl (C=O) groups excluding carboxylic acids is 1. The summed E-state index contributed by atoms with van der Waals surface area (Å²) in [6.07, 6.45) is 2.88. The molecule has 0 unspecified atom stereocenters. The molecule has 4 nitrogen and oxygen atoms in total. The minimum atomic E-state index is -1.19. The first-order valence-corrected chi connectivity index (χ1v) is 5.19. The molecule has 1 aromatic carbocycles. The zero-order valence-electron chi connectivity index (χ0n) is 9.45. The molecular formula is C12H8F3N3O. The molecule has 19 heavy (non-hydrogen) atoms. The molecular weight excluding hydrogens is 259 g/mol. The molecule has 0 saturated carbocycles. The minimum Gasteiger partial charge on any atom is -0.308 e. The van der Waals surface area contributed by atoms with Gasteiger partial charge in [0.25, 0.3) is 0 Å². The van der Waals surface area contributed by atoms with Gasteiger partial charge in [0.05, 0.1) is 0 Å². The molecule has 7 heteroatoms. The SMILES string of the molecule is O=C(Nc1ccncc1)Nc1c(F)cc(F)cc1F. The van der Waals surface area contributed by atoms with Crippen LogP contribution < -0.4 is 10.6 Å². The summed E-state index contributed by atoms with van der Waals surface area (Å²) in [5.74, 6) is -3.44. The highest BCUT2D eigenvalue weighted by molar-refractivity contribution is 5.99. The number of carbonyl (C=O) groups is 1. The standard InChI is InChI=1S/C12H8F3N3O/c13-7-5-9(14)11(10(15)6-7)18-12(19)17-8-1-3-16-4-2-8/h1-6H,(H2,16,17,18,19). The van der Waals surface area contributed by atoms with Gasteiger partial charge in [-0.2, -0.15) is 0 Å². The predicted molar refractivity (Wildman–Crippen MR) is 63.2 cm³/mol. The zero-order chi connectivity index (χ0) is 13.8. The van der Waals surface area contributed by atoms with Crippen LogP contribution in [0.5, 0.6) is 0 Å². The molecule has 0 atom stereocenters. The van der Waals surface area contributed by atoms with Gasteiger partial charge < -0.3 is 10.6 Å². The monoisotopic (exact) mass is 267 g/mol. The van der Waals surface area contributed by atoms with Gasteiger partial charge in [-0.1, -0.05) is 0 Å². The van der Waals surface area contributed by atoms with Gasteiger partial charge in [0.2, 0.25) is 0 Å². The second-order valence-corrected chi connectivity index (χ2v) is 3.56. The molecule has 0 aliphatic rings. The highest BCUT2D eigenvalue weighted by Crippen LogP contribution is 2.20. The van der Waals surface area contributed by atoms with E-state index >= 15 is 0 Å². The average Bonchev–Trinajstić information content (AvgIpc) is 2.35. The maximum atomic E-state index is 13.3. The Kier molecular flexibility index (Phi) is 3.65. The maximum Gasteiger partial charge on any atom is 0.323 e. The van der Waals surface area contributed by atoms with E-state index in [9.17, 15) is 18.0 Å². The summed E-state index contributed by atoms with van der Waals surface area (Å²) in [5, 5.41) is 4.31. The van der Waals surface area contributed by atoms with Crippen molar-refractivity contribution in [2.75, 3.05) is 10.6 Å². The first-order chi connectivity index (χ1) is 9.06. The Morgan fingerprint density at radius 2 is 1.58 bits per heavy atom. The zero-order valence-corrected chi connectivity index (χ0v) is 9.45. The Balaban J connectivity index is 2.12. The third kappa shape index (κ3) is 3.21. The summed E-state index contributed by atoms with van der Waals surface area (Å²) in [7, 11) is 0. The molecule has 98 valence electrons. The van der Waals surface area contributed by atoms with Crippen molar-refractivity contribution in [3.8, 4) is 0 Å². The van der Waals surface area contributed by atoms with E-state index in [1.165, 1.54) is 24.5 Å². The van der Waals surface area contributed by atoms with E-state index in [0.717, 1.165) is 0 Å². The second kappa shape index (κ2) is 5.38. The third-order valence-corrected chi connectivity index (χ3v) is 2.18. The first kappa shape index (κ1) is 12.9. The van der Waals surface area contributed by atoms with Gasteiger partial charge in [-0.05, 0) is 12.1 Å². The number of hydrogen-bond donors (Lipinski definition) is 2. The van der Waals surface area contributed by atoms with Crippen LogP contribution >= 0.6 is 0 Å². The lowest BCUT2D eigenvalue weighted by Crippen LogP contribution is -2.21. The molecule has 2 aromatic rings. The van der Waals surface area contributed by atoms with Crippen LogP contribution in [0.1, 0.15) is 0 Å². The number of urea groups is 1. The number of pyridine rings is 1. The van der Waals surface area contributed by atoms with Crippen molar-refractivity contribution < 1.29 is 18.0 Å². The highest BCUT2D eigenvalue weighted by atomic mass is 19.1. The molecule has 0 fully saturated rings. The summed E-state index contributed by atoms with van der Waals surface area (Å²) in [5.41, 5.74) is -0.316. The van der Waals surface area contributed by atoms with Gasteiger partial charge in [0.1, 0.15) is 11.5 Å². The molecule has 2 amide bonds. The van der Waals surface area contributed by atoms with Gasteiger partial charge in [-0.3, -0.25) is 4.98 Å². The van der Waals surface area contributed by atoms with Crippen molar-refractivity contribution in [3.05, 3.63) is 54.1 Å². The lowest BCUT2D eigenvalue weighted by atomic mass is 10.3. The molecule has 1 aromatic heterocycles. The normalized spacial score (nSPS) is 10.1. The largest absolute Gasteiger partial charge is 0.323 e. The number of nitrogens with zero attached hydrogens (tertiary/aromatic N) is 1. The van der Waals surface area contributed by atoms with Gasteiger partial charge in [0, 0.05) is 30.2 Å². The van der Waals surface area contributed by atoms with Crippen molar-refractivity contribution in [2.45, 2.75) is 0 Å². The number of aromatic nitrogens is 1. The van der Waals surface area contributed by atoms with Gasteiger partial charge in [-0.25, -0.2) is 18.0 Å². The van der Waals surface area contributed by atoms with E-state index < -0.39 is 29.2 Å². The summed E-state index contributed by atoms with van der Waals surface area (Å²) in [4.78, 5) is 15.2. The van der Waals surface area contributed by atoms with Crippen LogP contribution in [0.4, 0.5) is 29.3 Å². The number of halogens is 3. The van der Waals surface area contributed by atoms with Crippen LogP contribution in [0, 0.1) is 17.5 Å². The average molecular weight is 267 g/mol. The van der Waals surface area contributed by atoms with Crippen molar-refractivity contribution in [1.29, 1.82) is 0 Å². The van der Waals surface area contributed by atoms with Crippen LogP contribution in [0.25, 0.3) is 0 Å². The van der Waals surface area contributed by atoms with Gasteiger partial charge in [-0.15, -0.1) is 0 Å². The summed E-state index contributed by atoms with van der Waals surface area (Å²) in [6.45, 7) is 0. The maximum absolute atomic E-state index is 13.3. The quantitative estimate of drug-likeness (QED) is 0.878. The number of hydrogen-bond acceptors (Lipinski definition) is 2. The Morgan fingerprint density at radius 3 is 2.16 bits per heavy atom. The van der Waals surface area contributed by atoms with E-state index in [-0.39, 0.29) is 0 Å². The molecule has 0 bridgehead atoms. The van der Waals surface area contributed by atoms with Crippen LogP contribution in [0.3, 0.4) is 0 Å². The third-order valence-electron chi connectivity index (χ3n) is 2.18. The van der Waals surface area contributed by atoms with E-state index in [4.69, 9.17) is 0 Å². The van der Waals surface area contributed by atoms with Crippen molar-refractivity contribution in [2.24, 2.45) is 0 Å². The van der Waals surface area contributed by atoms with Crippen molar-refractivity contribution in [3.63, 3.8) is 0 Å². The molecule has 1 heterocycles. The van der Waals surface area contributed by atoms with Gasteiger partial charge >= 0.3 is 6.03 Å². The fourth-order valence-electron chi connectivity index (χ4n) is 1.37. The van der Waals surface area contributed by atoms with Crippen molar-refractivity contribution in [1.82, 2.24) is 4.98 Å². The fourth-order valence-corrected chi connectivity index (χ4v) is 1.37. The number of rotatable bonds is 2. The highest BCUT2D eigenvalue weighted by Gasteiger charge is 2.14. The van der Waals surface area contributed by atoms with Gasteiger partial charge in [0.15, 0.2) is 11.6 Å². The Bertz CT molecular complexity index is 581. The Labute approximate surface area is 106 Å². The molecule has 0 saturated heterocycles. The molecule has 2 rings (SSSR count). The van der Waals surface area contributed by atoms with Crippen LogP contribution in [-0.4, -0.2) is 11.0 Å². The lowest BCUT2D eigenvalue weighted by molar-refractivity contribution is 0.262. The van der Waals surface area contributed by atoms with Crippen LogP contribution in [0.2, 0.25) is 0 Å². The first-order valence-electron chi connectivity index (χ1n) is 5.19. The summed E-state index contributed by atoms with van der Waals surface area (Å²) >= 11 is 0. The Hall–Kier alpha value is -2.57. The fraction of sp³-hybridized carbons (Fsp3) is 0. The number of nitrogens with one attached hydrogen (secondary N) is 2. The van der Waals surface area contributed by atoms with Crippen molar-refractivity contribution >= 4 is 17.4 Å². The number of amides is 2. The summed E-state index contributed by atoms with van der Waals surface area (Å²) < 4.78 is 39.2. The second-order valence-electron chi connectivity index (χ2n) is 3.56. The van der Waals surface area contributed by atoms with Crippen LogP contribution in [0.15, 0.2) is 36.7 Å². The molecule has 0 spiro atoms. The molecule has 0 aliphatic carbocycles. The number of benzene rings is 1. The van der Waals surface area contributed by atoms with Crippen LogP contribution in [-0.2, 0) is 0 Å². The number of anilines is 2. The molecule has 0 aliphatic heterocycles. The molecule has 0 radical (unpaired) electrons. The molecule has 2 N–H and O–H groups in total. The van der Waals surface area contributed by atoms with E-state index in [1.54, 1.807) is 0 Å². The minimum absolute atomic E-state index is 0.399. The van der Waals surface area contributed by atoms with E-state index in [0.29, 0.717) is 17.8 Å². The predicted octanol–water partition coefficient (Wildman–Crippen LogP) is 3.14.